The third-order valence-electron chi connectivity index (χ3n) is 5.53. The molecule has 0 atom stereocenters. The molecule has 3 aromatic carbocycles. The number of nitrogens with one attached hydrogen (secondary N) is 1. The lowest BCUT2D eigenvalue weighted by Crippen LogP contribution is -2.08. The van der Waals surface area contributed by atoms with Crippen molar-refractivity contribution in [1.29, 1.82) is 0 Å². The summed E-state index contributed by atoms with van der Waals surface area (Å²) in [5.74, 6) is 0.122. The molecule has 0 aliphatic carbocycles. The number of fused-ring (bicyclic) bond motifs is 2. The highest BCUT2D eigenvalue weighted by molar-refractivity contribution is 6.12. The molecule has 162 valence electrons. The van der Waals surface area contributed by atoms with E-state index in [2.05, 4.69) is 12.2 Å². The molecule has 2 aromatic heterocycles. The van der Waals surface area contributed by atoms with Crippen LogP contribution in [0.2, 0.25) is 0 Å². The second kappa shape index (κ2) is 8.63. The van der Waals surface area contributed by atoms with E-state index in [-0.39, 0.29) is 5.91 Å². The predicted octanol–water partition coefficient (Wildman–Crippen LogP) is 6.42. The molecule has 5 rings (SSSR count). The van der Waals surface area contributed by atoms with Gasteiger partial charge in [-0.25, -0.2) is 4.79 Å². The quantitative estimate of drug-likeness (QED) is 0.255. The van der Waals surface area contributed by atoms with Crippen LogP contribution in [0.15, 0.2) is 98.6 Å². The number of hydrogen-bond acceptors (Lipinski definition) is 4. The summed E-state index contributed by atoms with van der Waals surface area (Å²) in [6, 6.07) is 24.2. The number of anilines is 1. The molecule has 0 fully saturated rings. The zero-order chi connectivity index (χ0) is 22.8. The standard InChI is InChI=1S/C28H21NO4/c1-2-18-12-14-24-21(16-18)22(17-26(31)32-24)28-27(20-10-6-7-11-23(20)33-28)29-25(30)15-13-19-8-4-3-5-9-19/h3-17H,2H2,1H3,(H,29,30)/b15-13+. The average molecular weight is 435 g/mol. The summed E-state index contributed by atoms with van der Waals surface area (Å²) in [6.07, 6.45) is 4.06. The highest BCUT2D eigenvalue weighted by atomic mass is 16.4. The van der Waals surface area contributed by atoms with Crippen LogP contribution in [0.4, 0.5) is 5.69 Å². The van der Waals surface area contributed by atoms with Crippen LogP contribution < -0.4 is 10.9 Å². The molecule has 0 spiro atoms. The van der Waals surface area contributed by atoms with Crippen LogP contribution in [-0.4, -0.2) is 5.91 Å². The zero-order valence-electron chi connectivity index (χ0n) is 18.0. The molecule has 0 radical (unpaired) electrons. The second-order valence-electron chi connectivity index (χ2n) is 7.70. The molecule has 0 aliphatic rings. The van der Waals surface area contributed by atoms with Crippen LogP contribution >= 0.6 is 0 Å². The molecular formula is C28H21NO4. The van der Waals surface area contributed by atoms with E-state index in [9.17, 15) is 9.59 Å². The summed E-state index contributed by atoms with van der Waals surface area (Å²) < 4.78 is 11.6. The first-order valence-electron chi connectivity index (χ1n) is 10.7. The van der Waals surface area contributed by atoms with E-state index < -0.39 is 5.63 Å². The van der Waals surface area contributed by atoms with Gasteiger partial charge in [0.05, 0.1) is 5.69 Å². The van der Waals surface area contributed by atoms with E-state index in [0.717, 1.165) is 28.3 Å². The number of hydrogen-bond donors (Lipinski definition) is 1. The van der Waals surface area contributed by atoms with Crippen LogP contribution in [0, 0.1) is 0 Å². The van der Waals surface area contributed by atoms with Gasteiger partial charge in [-0.2, -0.15) is 0 Å². The van der Waals surface area contributed by atoms with Crippen LogP contribution in [0.1, 0.15) is 18.1 Å². The number of aryl methyl sites for hydroxylation is 1. The van der Waals surface area contributed by atoms with Gasteiger partial charge in [0.1, 0.15) is 11.2 Å². The molecular weight excluding hydrogens is 414 g/mol. The van der Waals surface area contributed by atoms with Gasteiger partial charge >= 0.3 is 5.63 Å². The first-order valence-corrected chi connectivity index (χ1v) is 10.7. The van der Waals surface area contributed by atoms with Gasteiger partial charge in [0.15, 0.2) is 5.76 Å². The number of amides is 1. The van der Waals surface area contributed by atoms with Crippen LogP contribution in [0.25, 0.3) is 39.3 Å². The third kappa shape index (κ3) is 4.08. The number of para-hydroxylation sites is 1. The van der Waals surface area contributed by atoms with E-state index in [1.54, 1.807) is 12.1 Å². The Kier molecular flexibility index (Phi) is 5.37. The fourth-order valence-electron chi connectivity index (χ4n) is 3.88. The lowest BCUT2D eigenvalue weighted by atomic mass is 10.0. The maximum absolute atomic E-state index is 12.8. The van der Waals surface area contributed by atoms with Crippen molar-refractivity contribution in [3.8, 4) is 11.3 Å². The van der Waals surface area contributed by atoms with Crippen LogP contribution in [-0.2, 0) is 11.2 Å². The molecule has 5 nitrogen and oxygen atoms in total. The van der Waals surface area contributed by atoms with Gasteiger partial charge in [-0.15, -0.1) is 0 Å². The lowest BCUT2D eigenvalue weighted by Gasteiger charge is -2.08. The largest absolute Gasteiger partial charge is 0.454 e. The number of carbonyl (C=O) groups excluding carboxylic acids is 1. The van der Waals surface area contributed by atoms with Gasteiger partial charge in [0.2, 0.25) is 5.91 Å². The van der Waals surface area contributed by atoms with Crippen molar-refractivity contribution < 1.29 is 13.6 Å². The molecule has 1 N–H and O–H groups in total. The minimum Gasteiger partial charge on any atom is -0.454 e. The van der Waals surface area contributed by atoms with Crippen molar-refractivity contribution in [3.63, 3.8) is 0 Å². The van der Waals surface area contributed by atoms with Gasteiger partial charge in [-0.05, 0) is 47.9 Å². The Balaban J connectivity index is 1.65. The van der Waals surface area contributed by atoms with Gasteiger partial charge in [0, 0.05) is 28.5 Å². The van der Waals surface area contributed by atoms with Crippen molar-refractivity contribution in [2.45, 2.75) is 13.3 Å². The number of benzene rings is 3. The fourth-order valence-corrected chi connectivity index (χ4v) is 3.88. The molecule has 0 saturated carbocycles. The molecule has 0 unspecified atom stereocenters. The van der Waals surface area contributed by atoms with E-state index >= 15 is 0 Å². The monoisotopic (exact) mass is 435 g/mol. The predicted molar refractivity (Wildman–Crippen MR) is 131 cm³/mol. The molecule has 2 heterocycles. The Labute approximate surface area is 190 Å². The Morgan fingerprint density at radius 2 is 1.64 bits per heavy atom. The topological polar surface area (TPSA) is 72.5 Å². The van der Waals surface area contributed by atoms with Crippen LogP contribution in [0.3, 0.4) is 0 Å². The summed E-state index contributed by atoms with van der Waals surface area (Å²) in [6.45, 7) is 2.06. The van der Waals surface area contributed by atoms with Crippen molar-refractivity contribution >= 4 is 39.6 Å². The highest BCUT2D eigenvalue weighted by Crippen LogP contribution is 2.40. The lowest BCUT2D eigenvalue weighted by molar-refractivity contribution is -0.111. The molecule has 5 aromatic rings. The van der Waals surface area contributed by atoms with E-state index in [4.69, 9.17) is 8.83 Å². The Morgan fingerprint density at radius 1 is 0.879 bits per heavy atom. The highest BCUT2D eigenvalue weighted by Gasteiger charge is 2.20. The van der Waals surface area contributed by atoms with E-state index in [1.807, 2.05) is 66.7 Å². The SMILES string of the molecule is CCc1ccc2oc(=O)cc(-c3oc4ccccc4c3NC(=O)/C=C/c3ccccc3)c2c1. The number of furan rings is 1. The first kappa shape index (κ1) is 20.5. The Bertz CT molecular complexity index is 1560. The molecule has 1 amide bonds. The average Bonchev–Trinajstić information content (AvgIpc) is 3.20. The summed E-state index contributed by atoms with van der Waals surface area (Å²) in [5, 5.41) is 4.47. The number of rotatable bonds is 5. The minimum absolute atomic E-state index is 0.298. The van der Waals surface area contributed by atoms with Crippen molar-refractivity contribution in [2.24, 2.45) is 0 Å². The normalized spacial score (nSPS) is 11.4. The summed E-state index contributed by atoms with van der Waals surface area (Å²) in [5.41, 5.74) is 3.72. The first-order chi connectivity index (χ1) is 16.1. The van der Waals surface area contributed by atoms with Crippen LogP contribution in [0.5, 0.6) is 0 Å². The van der Waals surface area contributed by atoms with Gasteiger partial charge in [-0.1, -0.05) is 55.5 Å². The maximum Gasteiger partial charge on any atom is 0.336 e. The van der Waals surface area contributed by atoms with Crippen molar-refractivity contribution in [1.82, 2.24) is 0 Å². The Hall–Kier alpha value is -4.38. The van der Waals surface area contributed by atoms with Gasteiger partial charge in [-0.3, -0.25) is 4.79 Å². The zero-order valence-corrected chi connectivity index (χ0v) is 18.0. The van der Waals surface area contributed by atoms with E-state index in [0.29, 0.717) is 28.2 Å². The summed E-state index contributed by atoms with van der Waals surface area (Å²) in [7, 11) is 0. The smallest absolute Gasteiger partial charge is 0.336 e. The van der Waals surface area contributed by atoms with Gasteiger partial charge < -0.3 is 14.2 Å². The molecule has 33 heavy (non-hydrogen) atoms. The molecule has 5 heteroatoms. The third-order valence-corrected chi connectivity index (χ3v) is 5.53. The number of carbonyl (C=O) groups is 1. The molecule has 0 bridgehead atoms. The fraction of sp³-hybridized carbons (Fsp3) is 0.0714. The Morgan fingerprint density at radius 3 is 2.45 bits per heavy atom. The van der Waals surface area contributed by atoms with Crippen molar-refractivity contribution in [3.05, 3.63) is 106 Å². The maximum atomic E-state index is 12.8. The summed E-state index contributed by atoms with van der Waals surface area (Å²) in [4.78, 5) is 25.2. The van der Waals surface area contributed by atoms with Gasteiger partial charge in [0.25, 0.3) is 0 Å². The van der Waals surface area contributed by atoms with Crippen molar-refractivity contribution in [2.75, 3.05) is 5.32 Å². The molecule has 0 aliphatic heterocycles. The van der Waals surface area contributed by atoms with E-state index in [1.165, 1.54) is 12.1 Å². The summed E-state index contributed by atoms with van der Waals surface area (Å²) >= 11 is 0. The molecule has 0 saturated heterocycles. The second-order valence-corrected chi connectivity index (χ2v) is 7.70. The minimum atomic E-state index is -0.483.